The third-order valence-electron chi connectivity index (χ3n) is 3.49. The lowest BCUT2D eigenvalue weighted by atomic mass is 10.2. The molecule has 0 aliphatic heterocycles. The molecule has 3 aromatic rings. The van der Waals surface area contributed by atoms with Gasteiger partial charge in [0.1, 0.15) is 11.5 Å². The molecular formula is C17H15FN2O3S. The minimum absolute atomic E-state index is 0.0593. The molecule has 0 aliphatic carbocycles. The molecule has 0 amide bonds. The van der Waals surface area contributed by atoms with Crippen LogP contribution in [0.15, 0.2) is 64.2 Å². The largest absolute Gasteiger partial charge is 0.463 e. The van der Waals surface area contributed by atoms with E-state index in [0.717, 1.165) is 6.07 Å². The van der Waals surface area contributed by atoms with E-state index in [-0.39, 0.29) is 11.4 Å². The summed E-state index contributed by atoms with van der Waals surface area (Å²) in [5.74, 6) is 0.174. The van der Waals surface area contributed by atoms with E-state index in [4.69, 9.17) is 4.42 Å². The summed E-state index contributed by atoms with van der Waals surface area (Å²) in [4.78, 5) is 4.30. The van der Waals surface area contributed by atoms with E-state index in [2.05, 4.69) is 9.71 Å². The average Bonchev–Trinajstić information content (AvgIpc) is 3.07. The minimum Gasteiger partial charge on any atom is -0.463 e. The van der Waals surface area contributed by atoms with Gasteiger partial charge < -0.3 is 4.42 Å². The lowest BCUT2D eigenvalue weighted by molar-refractivity contribution is 0.577. The van der Waals surface area contributed by atoms with E-state index >= 15 is 0 Å². The van der Waals surface area contributed by atoms with Gasteiger partial charge >= 0.3 is 0 Å². The predicted molar refractivity (Wildman–Crippen MR) is 87.1 cm³/mol. The zero-order valence-corrected chi connectivity index (χ0v) is 13.7. The molecule has 2 aromatic heterocycles. The predicted octanol–water partition coefficient (Wildman–Crippen LogP) is 3.27. The number of nitrogens with one attached hydrogen (secondary N) is 1. The number of aryl methyl sites for hydroxylation is 1. The van der Waals surface area contributed by atoms with Crippen molar-refractivity contribution in [3.05, 3.63) is 71.9 Å². The number of sulfonamides is 1. The average molecular weight is 346 g/mol. The molecule has 1 N–H and O–H groups in total. The summed E-state index contributed by atoms with van der Waals surface area (Å²) in [6.07, 6.45) is 3.14. The van der Waals surface area contributed by atoms with Crippen molar-refractivity contribution >= 4 is 10.0 Å². The van der Waals surface area contributed by atoms with E-state index in [1.165, 1.54) is 12.1 Å². The van der Waals surface area contributed by atoms with E-state index in [1.807, 2.05) is 0 Å². The Kier molecular flexibility index (Phi) is 4.46. The SMILES string of the molecule is Cc1cc(F)ccc1S(=O)(=O)NCc1ccc(-c2ccco2)nc1. The Labute approximate surface area is 139 Å². The van der Waals surface area contributed by atoms with Crippen molar-refractivity contribution in [2.45, 2.75) is 18.4 Å². The fourth-order valence-corrected chi connectivity index (χ4v) is 3.51. The van der Waals surface area contributed by atoms with Crippen LogP contribution in [0.5, 0.6) is 0 Å². The van der Waals surface area contributed by atoms with Gasteiger partial charge in [-0.05, 0) is 54.4 Å². The Bertz CT molecular complexity index is 936. The number of pyridine rings is 1. The Morgan fingerprint density at radius 2 is 2.04 bits per heavy atom. The summed E-state index contributed by atoms with van der Waals surface area (Å²) in [7, 11) is -3.72. The molecular weight excluding hydrogens is 331 g/mol. The van der Waals surface area contributed by atoms with Crippen LogP contribution in [0.4, 0.5) is 4.39 Å². The molecule has 3 rings (SSSR count). The van der Waals surface area contributed by atoms with Crippen LogP contribution in [-0.2, 0) is 16.6 Å². The second-order valence-electron chi connectivity index (χ2n) is 5.26. The normalized spacial score (nSPS) is 11.6. The number of halogens is 1. The molecule has 5 nitrogen and oxygen atoms in total. The second kappa shape index (κ2) is 6.54. The zero-order valence-electron chi connectivity index (χ0n) is 12.9. The summed E-state index contributed by atoms with van der Waals surface area (Å²) in [5.41, 5.74) is 1.73. The van der Waals surface area contributed by atoms with E-state index in [0.29, 0.717) is 22.6 Å². The van der Waals surface area contributed by atoms with E-state index < -0.39 is 15.8 Å². The Hall–Kier alpha value is -2.51. The number of hydrogen-bond acceptors (Lipinski definition) is 4. The molecule has 0 saturated carbocycles. The number of hydrogen-bond donors (Lipinski definition) is 1. The Balaban J connectivity index is 1.73. The summed E-state index contributed by atoms with van der Waals surface area (Å²) < 4.78 is 45.5. The lowest BCUT2D eigenvalue weighted by Crippen LogP contribution is -2.24. The lowest BCUT2D eigenvalue weighted by Gasteiger charge is -2.09. The van der Waals surface area contributed by atoms with Crippen molar-refractivity contribution in [3.8, 4) is 11.5 Å². The van der Waals surface area contributed by atoms with Gasteiger partial charge in [-0.25, -0.2) is 17.5 Å². The Morgan fingerprint density at radius 3 is 2.67 bits per heavy atom. The van der Waals surface area contributed by atoms with Crippen LogP contribution in [0.1, 0.15) is 11.1 Å². The highest BCUT2D eigenvalue weighted by atomic mass is 32.2. The fraction of sp³-hybridized carbons (Fsp3) is 0.118. The molecule has 1 aromatic carbocycles. The molecule has 0 aliphatic rings. The van der Waals surface area contributed by atoms with Crippen LogP contribution >= 0.6 is 0 Å². The third-order valence-corrected chi connectivity index (χ3v) is 5.05. The van der Waals surface area contributed by atoms with Gasteiger partial charge in [-0.15, -0.1) is 0 Å². The van der Waals surface area contributed by atoms with E-state index in [1.54, 1.807) is 43.6 Å². The third kappa shape index (κ3) is 3.52. The number of nitrogens with zero attached hydrogens (tertiary/aromatic N) is 1. The molecule has 2 heterocycles. The summed E-state index contributed by atoms with van der Waals surface area (Å²) in [6.45, 7) is 1.64. The quantitative estimate of drug-likeness (QED) is 0.770. The monoisotopic (exact) mass is 346 g/mol. The standard InChI is InChI=1S/C17H15FN2O3S/c1-12-9-14(18)5-7-17(12)24(21,22)20-11-13-4-6-15(19-10-13)16-3-2-8-23-16/h2-10,20H,11H2,1H3. The van der Waals surface area contributed by atoms with Gasteiger partial charge in [-0.3, -0.25) is 4.98 Å². The van der Waals surface area contributed by atoms with Gasteiger partial charge in [0.15, 0.2) is 5.76 Å². The zero-order chi connectivity index (χ0) is 17.2. The molecule has 0 fully saturated rings. The first-order valence-electron chi connectivity index (χ1n) is 7.20. The first-order chi connectivity index (χ1) is 11.5. The van der Waals surface area contributed by atoms with Crippen LogP contribution in [0, 0.1) is 12.7 Å². The van der Waals surface area contributed by atoms with Gasteiger partial charge in [-0.2, -0.15) is 0 Å². The first kappa shape index (κ1) is 16.4. The molecule has 124 valence electrons. The van der Waals surface area contributed by atoms with Crippen LogP contribution in [0.2, 0.25) is 0 Å². The summed E-state index contributed by atoms with van der Waals surface area (Å²) >= 11 is 0. The fourth-order valence-electron chi connectivity index (χ4n) is 2.27. The topological polar surface area (TPSA) is 72.2 Å². The molecule has 0 atom stereocenters. The number of rotatable bonds is 5. The maximum absolute atomic E-state index is 13.1. The number of benzene rings is 1. The maximum atomic E-state index is 13.1. The van der Waals surface area contributed by atoms with Crippen molar-refractivity contribution in [1.29, 1.82) is 0 Å². The molecule has 0 saturated heterocycles. The molecule has 0 radical (unpaired) electrons. The van der Waals surface area contributed by atoms with Gasteiger partial charge in [0.05, 0.1) is 11.2 Å². The van der Waals surface area contributed by atoms with Crippen LogP contribution < -0.4 is 4.72 Å². The van der Waals surface area contributed by atoms with Crippen molar-refractivity contribution in [2.24, 2.45) is 0 Å². The first-order valence-corrected chi connectivity index (χ1v) is 8.69. The molecule has 0 bridgehead atoms. The highest BCUT2D eigenvalue weighted by Gasteiger charge is 2.17. The molecule has 0 unspecified atom stereocenters. The molecule has 24 heavy (non-hydrogen) atoms. The minimum atomic E-state index is -3.72. The van der Waals surface area contributed by atoms with Crippen molar-refractivity contribution in [3.63, 3.8) is 0 Å². The Morgan fingerprint density at radius 1 is 1.21 bits per heavy atom. The summed E-state index contributed by atoms with van der Waals surface area (Å²) in [5, 5.41) is 0. The molecule has 0 spiro atoms. The highest BCUT2D eigenvalue weighted by Crippen LogP contribution is 2.18. The van der Waals surface area contributed by atoms with Gasteiger partial charge in [-0.1, -0.05) is 6.07 Å². The summed E-state index contributed by atoms with van der Waals surface area (Å²) in [6, 6.07) is 10.7. The van der Waals surface area contributed by atoms with Crippen molar-refractivity contribution in [2.75, 3.05) is 0 Å². The highest BCUT2D eigenvalue weighted by molar-refractivity contribution is 7.89. The van der Waals surface area contributed by atoms with Crippen LogP contribution in [-0.4, -0.2) is 13.4 Å². The van der Waals surface area contributed by atoms with Gasteiger partial charge in [0, 0.05) is 12.7 Å². The van der Waals surface area contributed by atoms with Gasteiger partial charge in [0.2, 0.25) is 10.0 Å². The van der Waals surface area contributed by atoms with Crippen LogP contribution in [0.3, 0.4) is 0 Å². The van der Waals surface area contributed by atoms with Crippen LogP contribution in [0.25, 0.3) is 11.5 Å². The van der Waals surface area contributed by atoms with Crippen molar-refractivity contribution < 1.29 is 17.2 Å². The van der Waals surface area contributed by atoms with E-state index in [9.17, 15) is 12.8 Å². The smallest absolute Gasteiger partial charge is 0.241 e. The van der Waals surface area contributed by atoms with Crippen molar-refractivity contribution in [1.82, 2.24) is 9.71 Å². The maximum Gasteiger partial charge on any atom is 0.241 e. The second-order valence-corrected chi connectivity index (χ2v) is 7.00. The molecule has 7 heteroatoms. The van der Waals surface area contributed by atoms with Gasteiger partial charge in [0.25, 0.3) is 0 Å². The number of aromatic nitrogens is 1. The number of furan rings is 1.